The molecular formula is C12H19N3OS. The Morgan fingerprint density at radius 3 is 2.76 bits per heavy atom. The van der Waals surface area contributed by atoms with Gasteiger partial charge >= 0.3 is 6.03 Å². The average Bonchev–Trinajstić information content (AvgIpc) is 2.69. The molecule has 1 saturated heterocycles. The van der Waals surface area contributed by atoms with Gasteiger partial charge in [0.05, 0.1) is 5.01 Å². The fraction of sp³-hybridized carbons (Fsp3) is 0.667. The molecule has 2 rings (SSSR count). The number of nitrogens with zero attached hydrogens (tertiary/aromatic N) is 2. The topological polar surface area (TPSA) is 45.2 Å². The zero-order valence-corrected chi connectivity index (χ0v) is 10.8. The Labute approximate surface area is 106 Å². The summed E-state index contributed by atoms with van der Waals surface area (Å²) in [6, 6.07) is 0.0865. The van der Waals surface area contributed by atoms with Gasteiger partial charge in [0.15, 0.2) is 0 Å². The normalized spacial score (nSPS) is 16.6. The first-order valence-corrected chi connectivity index (χ1v) is 7.15. The zero-order valence-electron chi connectivity index (χ0n) is 10.0. The zero-order chi connectivity index (χ0) is 11.9. The minimum atomic E-state index is 0.0865. The standard InChI is InChI=1S/C12H19N3OS/c16-12(15-8-3-1-2-4-9-15)14-6-5-11-13-7-10-17-11/h7,10H,1-6,8-9H2,(H,14,16). The van der Waals surface area contributed by atoms with E-state index >= 15 is 0 Å². The molecule has 94 valence electrons. The first kappa shape index (κ1) is 12.4. The molecule has 17 heavy (non-hydrogen) atoms. The fourth-order valence-corrected chi connectivity index (χ4v) is 2.66. The molecule has 0 atom stereocenters. The highest BCUT2D eigenvalue weighted by Gasteiger charge is 2.14. The van der Waals surface area contributed by atoms with E-state index in [4.69, 9.17) is 0 Å². The fourth-order valence-electron chi connectivity index (χ4n) is 2.04. The van der Waals surface area contributed by atoms with Gasteiger partial charge in [-0.25, -0.2) is 9.78 Å². The minimum absolute atomic E-state index is 0.0865. The van der Waals surface area contributed by atoms with Crippen molar-refractivity contribution in [2.75, 3.05) is 19.6 Å². The monoisotopic (exact) mass is 253 g/mol. The molecule has 5 heteroatoms. The maximum atomic E-state index is 11.9. The first-order chi connectivity index (χ1) is 8.36. The van der Waals surface area contributed by atoms with Gasteiger partial charge in [0, 0.05) is 37.6 Å². The van der Waals surface area contributed by atoms with E-state index in [0.717, 1.165) is 37.4 Å². The molecule has 1 N–H and O–H groups in total. The summed E-state index contributed by atoms with van der Waals surface area (Å²) in [5, 5.41) is 6.02. The Morgan fingerprint density at radius 1 is 1.35 bits per heavy atom. The SMILES string of the molecule is O=C(NCCc1nccs1)N1CCCCCC1. The molecule has 0 radical (unpaired) electrons. The number of hydrogen-bond donors (Lipinski definition) is 1. The van der Waals surface area contributed by atoms with Gasteiger partial charge in [-0.05, 0) is 12.8 Å². The summed E-state index contributed by atoms with van der Waals surface area (Å²) < 4.78 is 0. The number of urea groups is 1. The van der Waals surface area contributed by atoms with E-state index in [2.05, 4.69) is 10.3 Å². The summed E-state index contributed by atoms with van der Waals surface area (Å²) in [5.41, 5.74) is 0. The average molecular weight is 253 g/mol. The molecule has 1 aromatic heterocycles. The van der Waals surface area contributed by atoms with Gasteiger partial charge in [0.1, 0.15) is 0 Å². The van der Waals surface area contributed by atoms with Crippen LogP contribution in [0.4, 0.5) is 4.79 Å². The second-order valence-corrected chi connectivity index (χ2v) is 5.29. The lowest BCUT2D eigenvalue weighted by molar-refractivity contribution is 0.200. The summed E-state index contributed by atoms with van der Waals surface area (Å²) in [7, 11) is 0. The molecule has 0 bridgehead atoms. The highest BCUT2D eigenvalue weighted by atomic mass is 32.1. The molecule has 2 amide bonds. The van der Waals surface area contributed by atoms with Crippen LogP contribution in [0.15, 0.2) is 11.6 Å². The number of rotatable bonds is 3. The predicted molar refractivity (Wildman–Crippen MR) is 69.3 cm³/mol. The van der Waals surface area contributed by atoms with Gasteiger partial charge in [-0.1, -0.05) is 12.8 Å². The second-order valence-electron chi connectivity index (χ2n) is 4.31. The van der Waals surface area contributed by atoms with E-state index in [1.54, 1.807) is 17.5 Å². The van der Waals surface area contributed by atoms with Crippen LogP contribution in [-0.2, 0) is 6.42 Å². The van der Waals surface area contributed by atoms with Gasteiger partial charge < -0.3 is 10.2 Å². The van der Waals surface area contributed by atoms with Gasteiger partial charge in [0.2, 0.25) is 0 Å². The lowest BCUT2D eigenvalue weighted by atomic mass is 10.2. The van der Waals surface area contributed by atoms with Crippen molar-refractivity contribution >= 4 is 17.4 Å². The molecule has 0 spiro atoms. The van der Waals surface area contributed by atoms with E-state index in [0.29, 0.717) is 6.54 Å². The largest absolute Gasteiger partial charge is 0.338 e. The third-order valence-corrected chi connectivity index (χ3v) is 3.83. The third kappa shape index (κ3) is 4.00. The number of thiazole rings is 1. The number of carbonyl (C=O) groups is 1. The highest BCUT2D eigenvalue weighted by Crippen LogP contribution is 2.09. The maximum absolute atomic E-state index is 11.9. The Morgan fingerprint density at radius 2 is 2.12 bits per heavy atom. The number of likely N-dealkylation sites (tertiary alicyclic amines) is 1. The number of amides is 2. The van der Waals surface area contributed by atoms with Crippen molar-refractivity contribution in [3.63, 3.8) is 0 Å². The van der Waals surface area contributed by atoms with Crippen LogP contribution < -0.4 is 5.32 Å². The Bertz CT molecular complexity index is 332. The van der Waals surface area contributed by atoms with E-state index < -0.39 is 0 Å². The first-order valence-electron chi connectivity index (χ1n) is 6.27. The van der Waals surface area contributed by atoms with Crippen LogP contribution in [-0.4, -0.2) is 35.5 Å². The van der Waals surface area contributed by atoms with Gasteiger partial charge in [0.25, 0.3) is 0 Å². The van der Waals surface area contributed by atoms with Crippen molar-refractivity contribution in [2.24, 2.45) is 0 Å². The molecule has 1 aliphatic rings. The Balaban J connectivity index is 1.69. The van der Waals surface area contributed by atoms with Crippen LogP contribution in [0.3, 0.4) is 0 Å². The number of carbonyl (C=O) groups excluding carboxylic acids is 1. The van der Waals surface area contributed by atoms with Crippen molar-refractivity contribution < 1.29 is 4.79 Å². The number of hydrogen-bond acceptors (Lipinski definition) is 3. The highest BCUT2D eigenvalue weighted by molar-refractivity contribution is 7.09. The van der Waals surface area contributed by atoms with E-state index in [1.807, 2.05) is 10.3 Å². The molecule has 0 aromatic carbocycles. The molecule has 1 fully saturated rings. The predicted octanol–water partition coefficient (Wildman–Crippen LogP) is 2.27. The van der Waals surface area contributed by atoms with Crippen LogP contribution in [0.25, 0.3) is 0 Å². The maximum Gasteiger partial charge on any atom is 0.317 e. The van der Waals surface area contributed by atoms with Crippen LogP contribution in [0.5, 0.6) is 0 Å². The lowest BCUT2D eigenvalue weighted by Crippen LogP contribution is -2.41. The summed E-state index contributed by atoms with van der Waals surface area (Å²) in [6.45, 7) is 2.50. The van der Waals surface area contributed by atoms with Gasteiger partial charge in [-0.2, -0.15) is 0 Å². The summed E-state index contributed by atoms with van der Waals surface area (Å²) in [5.74, 6) is 0. The molecule has 4 nitrogen and oxygen atoms in total. The Hall–Kier alpha value is -1.10. The van der Waals surface area contributed by atoms with Crippen LogP contribution in [0.1, 0.15) is 30.7 Å². The smallest absolute Gasteiger partial charge is 0.317 e. The molecule has 2 heterocycles. The third-order valence-electron chi connectivity index (χ3n) is 2.99. The van der Waals surface area contributed by atoms with Gasteiger partial charge in [-0.15, -0.1) is 11.3 Å². The molecule has 1 aromatic rings. The summed E-state index contributed by atoms with van der Waals surface area (Å²) in [6.07, 6.45) is 7.42. The molecule has 1 aliphatic heterocycles. The molecule has 0 aliphatic carbocycles. The van der Waals surface area contributed by atoms with Crippen molar-refractivity contribution in [1.29, 1.82) is 0 Å². The molecule has 0 saturated carbocycles. The van der Waals surface area contributed by atoms with E-state index in [1.165, 1.54) is 12.8 Å². The van der Waals surface area contributed by atoms with Crippen molar-refractivity contribution in [3.05, 3.63) is 16.6 Å². The minimum Gasteiger partial charge on any atom is -0.338 e. The second kappa shape index (κ2) is 6.59. The van der Waals surface area contributed by atoms with Crippen molar-refractivity contribution in [3.8, 4) is 0 Å². The Kier molecular flexibility index (Phi) is 4.79. The van der Waals surface area contributed by atoms with Crippen LogP contribution in [0.2, 0.25) is 0 Å². The van der Waals surface area contributed by atoms with Crippen LogP contribution in [0, 0.1) is 0 Å². The summed E-state index contributed by atoms with van der Waals surface area (Å²) in [4.78, 5) is 18.0. The van der Waals surface area contributed by atoms with Crippen LogP contribution >= 0.6 is 11.3 Å². The quantitative estimate of drug-likeness (QED) is 0.898. The van der Waals surface area contributed by atoms with E-state index in [-0.39, 0.29) is 6.03 Å². The number of aromatic nitrogens is 1. The lowest BCUT2D eigenvalue weighted by Gasteiger charge is -2.20. The van der Waals surface area contributed by atoms with Crippen molar-refractivity contribution in [2.45, 2.75) is 32.1 Å². The van der Waals surface area contributed by atoms with E-state index in [9.17, 15) is 4.79 Å². The number of nitrogens with one attached hydrogen (secondary N) is 1. The van der Waals surface area contributed by atoms with Gasteiger partial charge in [-0.3, -0.25) is 0 Å². The van der Waals surface area contributed by atoms with Crippen molar-refractivity contribution in [1.82, 2.24) is 15.2 Å². The summed E-state index contributed by atoms with van der Waals surface area (Å²) >= 11 is 1.64. The molecule has 0 unspecified atom stereocenters. The molecular weight excluding hydrogens is 234 g/mol.